The lowest BCUT2D eigenvalue weighted by Gasteiger charge is -2.07. The van der Waals surface area contributed by atoms with Crippen LogP contribution in [0.5, 0.6) is 0 Å². The molecule has 0 saturated heterocycles. The highest BCUT2D eigenvalue weighted by atomic mass is 35.5. The van der Waals surface area contributed by atoms with E-state index < -0.39 is 10.8 Å². The van der Waals surface area contributed by atoms with Gasteiger partial charge in [0.1, 0.15) is 5.15 Å². The van der Waals surface area contributed by atoms with Crippen molar-refractivity contribution in [3.63, 3.8) is 0 Å². The van der Waals surface area contributed by atoms with E-state index in [1.165, 1.54) is 0 Å². The van der Waals surface area contributed by atoms with Crippen molar-refractivity contribution in [3.05, 3.63) is 17.3 Å². The average molecular weight is 248 g/mol. The van der Waals surface area contributed by atoms with Gasteiger partial charge >= 0.3 is 0 Å². The number of rotatable bonds is 5. The van der Waals surface area contributed by atoms with E-state index in [4.69, 9.17) is 17.3 Å². The molecular weight excluding hydrogens is 234 g/mol. The van der Waals surface area contributed by atoms with Crippen LogP contribution in [0.1, 0.15) is 6.92 Å². The van der Waals surface area contributed by atoms with Crippen LogP contribution in [-0.4, -0.2) is 27.2 Å². The molecule has 0 aliphatic carbocycles. The lowest BCUT2D eigenvalue weighted by molar-refractivity contribution is 0.684. The third-order valence-corrected chi connectivity index (χ3v) is 3.35. The third kappa shape index (κ3) is 4.05. The molecule has 15 heavy (non-hydrogen) atoms. The van der Waals surface area contributed by atoms with Gasteiger partial charge in [-0.3, -0.25) is 4.21 Å². The topological polar surface area (TPSA) is 68.0 Å². The maximum atomic E-state index is 11.1. The van der Waals surface area contributed by atoms with Gasteiger partial charge in [-0.2, -0.15) is 0 Å². The van der Waals surface area contributed by atoms with Gasteiger partial charge in [-0.25, -0.2) is 4.98 Å². The van der Waals surface area contributed by atoms with Crippen LogP contribution in [0.2, 0.25) is 5.15 Å². The number of anilines is 2. The minimum atomic E-state index is -0.777. The number of nitrogens with one attached hydrogen (secondary N) is 1. The van der Waals surface area contributed by atoms with Crippen LogP contribution in [-0.2, 0) is 10.8 Å². The highest BCUT2D eigenvalue weighted by Crippen LogP contribution is 2.17. The SMILES string of the molecule is CCS(=O)CCNc1nc(Cl)ccc1N. The van der Waals surface area contributed by atoms with Gasteiger partial charge in [0.15, 0.2) is 5.82 Å². The third-order valence-electron chi connectivity index (χ3n) is 1.84. The number of hydrogen-bond acceptors (Lipinski definition) is 4. The molecule has 1 heterocycles. The number of nitrogen functional groups attached to an aromatic ring is 1. The molecular formula is C9H14ClN3OS. The number of nitrogens with two attached hydrogens (primary N) is 1. The summed E-state index contributed by atoms with van der Waals surface area (Å²) in [7, 11) is -0.777. The van der Waals surface area contributed by atoms with Crippen molar-refractivity contribution in [2.45, 2.75) is 6.92 Å². The Hall–Kier alpha value is -0.810. The quantitative estimate of drug-likeness (QED) is 0.774. The Morgan fingerprint density at radius 2 is 2.33 bits per heavy atom. The zero-order valence-electron chi connectivity index (χ0n) is 8.50. The second-order valence-electron chi connectivity index (χ2n) is 2.93. The highest BCUT2D eigenvalue weighted by Gasteiger charge is 2.02. The van der Waals surface area contributed by atoms with Gasteiger partial charge in [-0.15, -0.1) is 0 Å². The largest absolute Gasteiger partial charge is 0.396 e. The predicted octanol–water partition coefficient (Wildman–Crippen LogP) is 1.50. The van der Waals surface area contributed by atoms with Crippen molar-refractivity contribution in [3.8, 4) is 0 Å². The molecule has 0 saturated carbocycles. The number of aromatic nitrogens is 1. The Labute approximate surface area is 96.7 Å². The van der Waals surface area contributed by atoms with E-state index in [2.05, 4.69) is 10.3 Å². The van der Waals surface area contributed by atoms with Crippen LogP contribution in [0.4, 0.5) is 11.5 Å². The number of halogens is 1. The van der Waals surface area contributed by atoms with E-state index in [9.17, 15) is 4.21 Å². The van der Waals surface area contributed by atoms with E-state index in [1.54, 1.807) is 12.1 Å². The summed E-state index contributed by atoms with van der Waals surface area (Å²) in [6.07, 6.45) is 0. The molecule has 1 aromatic heterocycles. The second kappa shape index (κ2) is 5.92. The summed E-state index contributed by atoms with van der Waals surface area (Å²) >= 11 is 5.72. The molecule has 0 fully saturated rings. The fourth-order valence-corrected chi connectivity index (χ4v) is 1.78. The number of nitrogens with zero attached hydrogens (tertiary/aromatic N) is 1. The Kier molecular flexibility index (Phi) is 4.84. The average Bonchev–Trinajstić information content (AvgIpc) is 2.23. The Morgan fingerprint density at radius 3 is 3.00 bits per heavy atom. The van der Waals surface area contributed by atoms with Crippen LogP contribution in [0, 0.1) is 0 Å². The minimum absolute atomic E-state index is 0.392. The molecule has 6 heteroatoms. The monoisotopic (exact) mass is 247 g/mol. The Morgan fingerprint density at radius 1 is 1.60 bits per heavy atom. The summed E-state index contributed by atoms with van der Waals surface area (Å²) in [5.74, 6) is 1.81. The van der Waals surface area contributed by atoms with Gasteiger partial charge in [0.2, 0.25) is 0 Å². The van der Waals surface area contributed by atoms with E-state index in [1.807, 2.05) is 6.92 Å². The summed E-state index contributed by atoms with van der Waals surface area (Å²) in [6.45, 7) is 2.47. The van der Waals surface area contributed by atoms with Crippen LogP contribution < -0.4 is 11.1 Å². The molecule has 4 nitrogen and oxygen atoms in total. The van der Waals surface area contributed by atoms with Gasteiger partial charge < -0.3 is 11.1 Å². The lowest BCUT2D eigenvalue weighted by Crippen LogP contribution is -2.13. The molecule has 0 aliphatic heterocycles. The first kappa shape index (κ1) is 12.3. The van der Waals surface area contributed by atoms with E-state index >= 15 is 0 Å². The molecule has 0 radical (unpaired) electrons. The van der Waals surface area contributed by atoms with Gasteiger partial charge in [0, 0.05) is 28.9 Å². The molecule has 3 N–H and O–H groups in total. The molecule has 1 rings (SSSR count). The van der Waals surface area contributed by atoms with Gasteiger partial charge in [0.25, 0.3) is 0 Å². The first-order valence-electron chi connectivity index (χ1n) is 4.64. The number of hydrogen-bond donors (Lipinski definition) is 2. The molecule has 1 atom stereocenters. The summed E-state index contributed by atoms with van der Waals surface area (Å²) in [5, 5.41) is 3.40. The zero-order valence-corrected chi connectivity index (χ0v) is 10.1. The maximum absolute atomic E-state index is 11.1. The summed E-state index contributed by atoms with van der Waals surface area (Å²) in [5.41, 5.74) is 6.22. The first-order chi connectivity index (χ1) is 7.13. The van der Waals surface area contributed by atoms with Crippen molar-refractivity contribution in [2.75, 3.05) is 29.1 Å². The van der Waals surface area contributed by atoms with E-state index in [0.717, 1.165) is 0 Å². The Balaban J connectivity index is 2.50. The number of pyridine rings is 1. The van der Waals surface area contributed by atoms with Crippen molar-refractivity contribution in [1.29, 1.82) is 0 Å². The van der Waals surface area contributed by atoms with Crippen LogP contribution >= 0.6 is 11.6 Å². The minimum Gasteiger partial charge on any atom is -0.396 e. The van der Waals surface area contributed by atoms with E-state index in [-0.39, 0.29) is 0 Å². The molecule has 0 aliphatic rings. The highest BCUT2D eigenvalue weighted by molar-refractivity contribution is 7.84. The van der Waals surface area contributed by atoms with Crippen LogP contribution in [0.15, 0.2) is 12.1 Å². The predicted molar refractivity (Wildman–Crippen MR) is 65.7 cm³/mol. The van der Waals surface area contributed by atoms with Gasteiger partial charge in [-0.05, 0) is 12.1 Å². The summed E-state index contributed by atoms with van der Waals surface area (Å²) < 4.78 is 11.1. The molecule has 84 valence electrons. The zero-order chi connectivity index (χ0) is 11.3. The fourth-order valence-electron chi connectivity index (χ4n) is 1.02. The van der Waals surface area contributed by atoms with Crippen molar-refractivity contribution < 1.29 is 4.21 Å². The lowest BCUT2D eigenvalue weighted by atomic mass is 10.4. The van der Waals surface area contributed by atoms with Gasteiger partial charge in [0.05, 0.1) is 5.69 Å². The molecule has 1 aromatic rings. The summed E-state index contributed by atoms with van der Waals surface area (Å²) in [4.78, 5) is 4.03. The molecule has 0 aromatic carbocycles. The molecule has 0 spiro atoms. The molecule has 0 bridgehead atoms. The van der Waals surface area contributed by atoms with Crippen LogP contribution in [0.3, 0.4) is 0 Å². The van der Waals surface area contributed by atoms with Crippen LogP contribution in [0.25, 0.3) is 0 Å². The van der Waals surface area contributed by atoms with Gasteiger partial charge in [-0.1, -0.05) is 18.5 Å². The first-order valence-corrected chi connectivity index (χ1v) is 6.51. The fraction of sp³-hybridized carbons (Fsp3) is 0.444. The molecule has 0 amide bonds. The van der Waals surface area contributed by atoms with Crippen molar-refractivity contribution >= 4 is 33.9 Å². The Bertz CT molecular complexity index is 359. The van der Waals surface area contributed by atoms with Crippen molar-refractivity contribution in [1.82, 2.24) is 4.98 Å². The second-order valence-corrected chi connectivity index (χ2v) is 5.18. The van der Waals surface area contributed by atoms with E-state index in [0.29, 0.717) is 34.7 Å². The maximum Gasteiger partial charge on any atom is 0.151 e. The van der Waals surface area contributed by atoms with Crippen molar-refractivity contribution in [2.24, 2.45) is 0 Å². The standard InChI is InChI=1S/C9H14ClN3OS/c1-2-15(14)6-5-12-9-7(11)3-4-8(10)13-9/h3-4H,2,5-6,11H2,1H3,(H,12,13). The smallest absolute Gasteiger partial charge is 0.151 e. The summed E-state index contributed by atoms with van der Waals surface area (Å²) in [6, 6.07) is 3.32. The molecule has 1 unspecified atom stereocenters. The normalized spacial score (nSPS) is 12.4.